The summed E-state index contributed by atoms with van der Waals surface area (Å²) in [6, 6.07) is 0. The molecular formula is C5H15BClN3O2. The molecular weight excluding hydrogens is 180 g/mol. The van der Waals surface area contributed by atoms with E-state index in [1.165, 1.54) is 0 Å². The van der Waals surface area contributed by atoms with Crippen LogP contribution in [0, 0.1) is 0 Å². The number of halogens is 1. The minimum Gasteiger partial charge on any atom is -0.427 e. The number of nitrogens with two attached hydrogens (primary N) is 2. The Morgan fingerprint density at radius 2 is 1.83 bits per heavy atom. The van der Waals surface area contributed by atoms with E-state index in [1.807, 2.05) is 0 Å². The largest absolute Gasteiger partial charge is 0.451 e. The van der Waals surface area contributed by atoms with Crippen LogP contribution in [0.5, 0.6) is 0 Å². The van der Waals surface area contributed by atoms with E-state index in [-0.39, 0.29) is 18.4 Å². The highest BCUT2D eigenvalue weighted by Crippen LogP contribution is 1.97. The van der Waals surface area contributed by atoms with Gasteiger partial charge in [0.25, 0.3) is 0 Å². The summed E-state index contributed by atoms with van der Waals surface area (Å²) in [5.74, 6) is 0.0783. The van der Waals surface area contributed by atoms with Gasteiger partial charge in [0.15, 0.2) is 5.96 Å². The minimum atomic E-state index is -1.21. The number of nitrogens with zero attached hydrogens (tertiary/aromatic N) is 1. The predicted octanol–water partition coefficient (Wildman–Crippen LogP) is -1.07. The fourth-order valence-corrected chi connectivity index (χ4v) is 0.647. The first-order valence-corrected chi connectivity index (χ1v) is 3.54. The van der Waals surface area contributed by atoms with E-state index in [0.717, 1.165) is 6.42 Å². The quantitative estimate of drug-likeness (QED) is 0.194. The Balaban J connectivity index is 0. The summed E-state index contributed by atoms with van der Waals surface area (Å²) in [7, 11) is -1.21. The molecule has 0 aliphatic heterocycles. The van der Waals surface area contributed by atoms with E-state index in [4.69, 9.17) is 21.5 Å². The Bertz CT molecular complexity index is 130. The summed E-state index contributed by atoms with van der Waals surface area (Å²) in [4.78, 5) is 3.73. The summed E-state index contributed by atoms with van der Waals surface area (Å²) in [5.41, 5.74) is 10.1. The van der Waals surface area contributed by atoms with Crippen molar-refractivity contribution in [2.24, 2.45) is 16.5 Å². The van der Waals surface area contributed by atoms with Gasteiger partial charge in [-0.3, -0.25) is 4.99 Å². The van der Waals surface area contributed by atoms with Crippen molar-refractivity contribution in [3.63, 3.8) is 0 Å². The van der Waals surface area contributed by atoms with Crippen LogP contribution in [0.3, 0.4) is 0 Å². The topological polar surface area (TPSA) is 105 Å². The summed E-state index contributed by atoms with van der Waals surface area (Å²) < 4.78 is 0. The first-order chi connectivity index (χ1) is 5.13. The lowest BCUT2D eigenvalue weighted by Crippen LogP contribution is -2.23. The maximum Gasteiger partial charge on any atom is 0.451 e. The first kappa shape index (κ1) is 14.1. The Labute approximate surface area is 78.4 Å². The van der Waals surface area contributed by atoms with Crippen molar-refractivity contribution in [3.8, 4) is 0 Å². The van der Waals surface area contributed by atoms with Gasteiger partial charge in [0.05, 0.1) is 0 Å². The van der Waals surface area contributed by atoms with Gasteiger partial charge in [-0.1, -0.05) is 6.42 Å². The van der Waals surface area contributed by atoms with Crippen LogP contribution in [0.4, 0.5) is 0 Å². The van der Waals surface area contributed by atoms with Crippen LogP contribution < -0.4 is 11.5 Å². The molecule has 0 aliphatic rings. The molecule has 0 aromatic rings. The van der Waals surface area contributed by atoms with Crippen molar-refractivity contribution < 1.29 is 10.0 Å². The molecule has 0 fully saturated rings. The third-order valence-electron chi connectivity index (χ3n) is 1.16. The van der Waals surface area contributed by atoms with Crippen molar-refractivity contribution in [2.45, 2.75) is 19.2 Å². The van der Waals surface area contributed by atoms with Crippen molar-refractivity contribution >= 4 is 25.5 Å². The highest BCUT2D eigenvalue weighted by atomic mass is 35.5. The van der Waals surface area contributed by atoms with Crippen LogP contribution in [0.1, 0.15) is 12.8 Å². The second-order valence-corrected chi connectivity index (χ2v) is 2.28. The zero-order valence-electron chi connectivity index (χ0n) is 6.81. The maximum atomic E-state index is 8.43. The summed E-state index contributed by atoms with van der Waals surface area (Å²) >= 11 is 0. The Kier molecular flexibility index (Phi) is 10.1. The molecule has 0 saturated carbocycles. The number of guanidine groups is 1. The van der Waals surface area contributed by atoms with Crippen LogP contribution in [-0.4, -0.2) is 29.7 Å². The van der Waals surface area contributed by atoms with Gasteiger partial charge in [-0.25, -0.2) is 0 Å². The third-order valence-corrected chi connectivity index (χ3v) is 1.16. The van der Waals surface area contributed by atoms with Crippen LogP contribution in [0.2, 0.25) is 6.32 Å². The second kappa shape index (κ2) is 8.64. The van der Waals surface area contributed by atoms with Gasteiger partial charge in [-0.15, -0.1) is 12.4 Å². The van der Waals surface area contributed by atoms with E-state index in [2.05, 4.69) is 4.99 Å². The maximum absolute atomic E-state index is 8.43. The van der Waals surface area contributed by atoms with Crippen LogP contribution in [0.25, 0.3) is 0 Å². The smallest absolute Gasteiger partial charge is 0.427 e. The predicted molar refractivity (Wildman–Crippen MR) is 52.2 cm³/mol. The molecule has 5 nitrogen and oxygen atoms in total. The van der Waals surface area contributed by atoms with Crippen LogP contribution in [-0.2, 0) is 0 Å². The van der Waals surface area contributed by atoms with Gasteiger partial charge in [-0.05, 0) is 12.7 Å². The average Bonchev–Trinajstić information content (AvgIpc) is 1.85. The lowest BCUT2D eigenvalue weighted by atomic mass is 9.84. The molecule has 0 saturated heterocycles. The molecule has 12 heavy (non-hydrogen) atoms. The molecule has 0 aromatic carbocycles. The lowest BCUT2D eigenvalue weighted by Gasteiger charge is -1.96. The molecule has 0 heterocycles. The van der Waals surface area contributed by atoms with Crippen molar-refractivity contribution in [1.82, 2.24) is 0 Å². The molecule has 0 bridgehead atoms. The van der Waals surface area contributed by atoms with E-state index < -0.39 is 7.12 Å². The molecule has 7 heteroatoms. The summed E-state index contributed by atoms with van der Waals surface area (Å²) in [6.45, 7) is 0.551. The number of hydrogen-bond donors (Lipinski definition) is 4. The zero-order valence-corrected chi connectivity index (χ0v) is 7.63. The molecule has 0 amide bonds. The normalized spacial score (nSPS) is 8.50. The van der Waals surface area contributed by atoms with Crippen molar-refractivity contribution in [1.29, 1.82) is 0 Å². The first-order valence-electron chi connectivity index (χ1n) is 3.54. The van der Waals surface area contributed by atoms with E-state index in [1.54, 1.807) is 0 Å². The highest BCUT2D eigenvalue weighted by molar-refractivity contribution is 6.40. The molecule has 72 valence electrons. The number of aliphatic imine (C=N–C) groups is 1. The van der Waals surface area contributed by atoms with Gasteiger partial charge < -0.3 is 21.5 Å². The Morgan fingerprint density at radius 1 is 1.25 bits per heavy atom. The van der Waals surface area contributed by atoms with Gasteiger partial charge in [-0.2, -0.15) is 0 Å². The third kappa shape index (κ3) is 12.2. The SMILES string of the molecule is Cl.NC(N)=NCCCCB(O)O. The molecule has 6 N–H and O–H groups in total. The van der Waals surface area contributed by atoms with Crippen molar-refractivity contribution in [2.75, 3.05) is 6.54 Å². The standard InChI is InChI=1S/C5H14BN3O2.ClH/c7-5(8)9-4-2-1-3-6(10)11;/h10-11H,1-4H2,(H4,7,8,9);1H. The summed E-state index contributed by atoms with van der Waals surface area (Å²) in [5, 5.41) is 16.9. The molecule has 0 unspecified atom stereocenters. The fourth-order valence-electron chi connectivity index (χ4n) is 0.647. The van der Waals surface area contributed by atoms with Gasteiger partial charge in [0, 0.05) is 6.54 Å². The zero-order chi connectivity index (χ0) is 8.69. The van der Waals surface area contributed by atoms with Crippen LogP contribution >= 0.6 is 12.4 Å². The molecule has 0 atom stereocenters. The summed E-state index contributed by atoms with van der Waals surface area (Å²) in [6.07, 6.45) is 1.87. The van der Waals surface area contributed by atoms with E-state index >= 15 is 0 Å². The Morgan fingerprint density at radius 3 is 2.25 bits per heavy atom. The van der Waals surface area contributed by atoms with Crippen molar-refractivity contribution in [3.05, 3.63) is 0 Å². The molecule has 0 radical (unpaired) electrons. The fraction of sp³-hybridized carbons (Fsp3) is 0.800. The minimum absolute atomic E-state index is 0. The number of hydrogen-bond acceptors (Lipinski definition) is 3. The van der Waals surface area contributed by atoms with Crippen LogP contribution in [0.15, 0.2) is 4.99 Å². The van der Waals surface area contributed by atoms with Gasteiger partial charge in [0.2, 0.25) is 0 Å². The lowest BCUT2D eigenvalue weighted by molar-refractivity contribution is 0.402. The number of rotatable bonds is 5. The molecule has 0 rings (SSSR count). The van der Waals surface area contributed by atoms with Gasteiger partial charge >= 0.3 is 7.12 Å². The molecule has 0 spiro atoms. The van der Waals surface area contributed by atoms with E-state index in [0.29, 0.717) is 19.3 Å². The number of unbranched alkanes of at least 4 members (excludes halogenated alkanes) is 1. The molecule has 0 aliphatic carbocycles. The highest BCUT2D eigenvalue weighted by Gasteiger charge is 2.03. The monoisotopic (exact) mass is 195 g/mol. The Hall–Kier alpha value is -0.455. The second-order valence-electron chi connectivity index (χ2n) is 2.28. The average molecular weight is 195 g/mol. The molecule has 0 aromatic heterocycles. The van der Waals surface area contributed by atoms with E-state index in [9.17, 15) is 0 Å². The van der Waals surface area contributed by atoms with Gasteiger partial charge in [0.1, 0.15) is 0 Å².